The molecule has 1 aromatic heterocycles. The van der Waals surface area contributed by atoms with Crippen LogP contribution in [0.4, 0.5) is 0 Å². The first-order chi connectivity index (χ1) is 7.31. The van der Waals surface area contributed by atoms with E-state index >= 15 is 0 Å². The molecule has 0 saturated carbocycles. The molecule has 3 aliphatic carbocycles. The Balaban J connectivity index is 2.27. The Hall–Kier alpha value is -0.160. The minimum atomic E-state index is 0.481. The average molecular weight is 333 g/mol. The number of nitrogens with zero attached hydrogens (tertiary/aromatic N) is 2. The predicted molar refractivity (Wildman–Crippen MR) is 68.6 cm³/mol. The van der Waals surface area contributed by atoms with Crippen molar-refractivity contribution in [1.82, 2.24) is 10.2 Å². The summed E-state index contributed by atoms with van der Waals surface area (Å²) in [5, 5.41) is 8.87. The number of hydrogen-bond donors (Lipinski definition) is 0. The molecule has 0 aliphatic heterocycles. The van der Waals surface area contributed by atoms with Crippen molar-refractivity contribution in [3.05, 3.63) is 34.1 Å². The third kappa shape index (κ3) is 1.43. The zero-order valence-electron chi connectivity index (χ0n) is 8.08. The van der Waals surface area contributed by atoms with Gasteiger partial charge in [-0.2, -0.15) is 5.10 Å². The van der Waals surface area contributed by atoms with Crippen molar-refractivity contribution in [3.63, 3.8) is 0 Å². The first-order valence-electron chi connectivity index (χ1n) is 5.10. The van der Waals surface area contributed by atoms with E-state index in [1.54, 1.807) is 0 Å². The maximum absolute atomic E-state index is 6.16. The van der Waals surface area contributed by atoms with Crippen LogP contribution in [0.1, 0.15) is 41.5 Å². The fourth-order valence-electron chi connectivity index (χ4n) is 2.64. The Bertz CT molecular complexity index is 444. The van der Waals surface area contributed by atoms with Crippen LogP contribution in [0.5, 0.6) is 0 Å². The fourth-order valence-corrected chi connectivity index (χ4v) is 3.49. The van der Waals surface area contributed by atoms with E-state index in [-0.39, 0.29) is 0 Å². The molecule has 1 heterocycles. The van der Waals surface area contributed by atoms with Crippen molar-refractivity contribution in [3.8, 4) is 0 Å². The Kier molecular flexibility index (Phi) is 2.47. The van der Waals surface area contributed by atoms with E-state index in [1.165, 1.54) is 24.0 Å². The summed E-state index contributed by atoms with van der Waals surface area (Å²) in [6.45, 7) is 0. The summed E-state index contributed by atoms with van der Waals surface area (Å²) < 4.78 is 0.918. The summed E-state index contributed by atoms with van der Waals surface area (Å²) in [4.78, 5) is 0. The second-order valence-electron chi connectivity index (χ2n) is 4.07. The van der Waals surface area contributed by atoms with Gasteiger partial charge in [0.2, 0.25) is 0 Å². The van der Waals surface area contributed by atoms with Gasteiger partial charge in [-0.15, -0.1) is 5.10 Å². The molecular weight excluding hydrogens is 322 g/mol. The van der Waals surface area contributed by atoms with E-state index in [1.807, 2.05) is 0 Å². The van der Waals surface area contributed by atoms with Gasteiger partial charge < -0.3 is 0 Å². The van der Waals surface area contributed by atoms with Crippen LogP contribution in [0.15, 0.2) is 12.2 Å². The molecule has 78 valence electrons. The SMILES string of the molecule is Clc1nnc(CI)c2c1C1C=CC2CC1. The average Bonchev–Trinajstić information content (AvgIpc) is 2.31. The number of allylic oxidation sites excluding steroid dienone is 2. The lowest BCUT2D eigenvalue weighted by Gasteiger charge is -2.34. The number of halogens is 2. The van der Waals surface area contributed by atoms with Crippen LogP contribution in [0.3, 0.4) is 0 Å². The van der Waals surface area contributed by atoms with Crippen LogP contribution in [-0.4, -0.2) is 10.2 Å². The van der Waals surface area contributed by atoms with E-state index < -0.39 is 0 Å². The molecule has 2 unspecified atom stereocenters. The zero-order chi connectivity index (χ0) is 10.4. The van der Waals surface area contributed by atoms with Gasteiger partial charge in [-0.1, -0.05) is 46.3 Å². The molecule has 2 nitrogen and oxygen atoms in total. The largest absolute Gasteiger partial charge is 0.155 e. The highest BCUT2D eigenvalue weighted by Crippen LogP contribution is 2.48. The number of aromatic nitrogens is 2. The molecule has 0 saturated heterocycles. The lowest BCUT2D eigenvalue weighted by Crippen LogP contribution is -2.21. The molecule has 0 spiro atoms. The molecule has 2 atom stereocenters. The molecule has 0 amide bonds. The summed E-state index contributed by atoms with van der Waals surface area (Å²) in [5.41, 5.74) is 3.73. The predicted octanol–water partition coefficient (Wildman–Crippen LogP) is 3.60. The molecular formula is C11H10ClIN2. The monoisotopic (exact) mass is 332 g/mol. The van der Waals surface area contributed by atoms with Crippen LogP contribution < -0.4 is 0 Å². The second-order valence-corrected chi connectivity index (χ2v) is 5.19. The van der Waals surface area contributed by atoms with E-state index in [2.05, 4.69) is 44.9 Å². The lowest BCUT2D eigenvalue weighted by molar-refractivity contribution is 0.542. The fraction of sp³-hybridized carbons (Fsp3) is 0.455. The minimum Gasteiger partial charge on any atom is -0.153 e. The summed E-state index contributed by atoms with van der Waals surface area (Å²) in [6.07, 6.45) is 7.03. The van der Waals surface area contributed by atoms with Crippen molar-refractivity contribution < 1.29 is 0 Å². The molecule has 2 bridgehead atoms. The maximum atomic E-state index is 6.16. The van der Waals surface area contributed by atoms with Crippen LogP contribution in [0.25, 0.3) is 0 Å². The molecule has 4 rings (SSSR count). The molecule has 0 N–H and O–H groups in total. The first-order valence-corrected chi connectivity index (χ1v) is 7.00. The molecule has 0 fully saturated rings. The van der Waals surface area contributed by atoms with Gasteiger partial charge in [-0.3, -0.25) is 0 Å². The van der Waals surface area contributed by atoms with Crippen LogP contribution in [-0.2, 0) is 4.43 Å². The highest BCUT2D eigenvalue weighted by Gasteiger charge is 2.33. The second kappa shape index (κ2) is 3.70. The first kappa shape index (κ1) is 10.0. The maximum Gasteiger partial charge on any atom is 0.155 e. The van der Waals surface area contributed by atoms with Gasteiger partial charge in [0.15, 0.2) is 5.15 Å². The number of fused-ring (bicyclic) bond motifs is 1. The zero-order valence-corrected chi connectivity index (χ0v) is 11.0. The Morgan fingerprint density at radius 2 is 1.87 bits per heavy atom. The lowest BCUT2D eigenvalue weighted by atomic mass is 9.72. The van der Waals surface area contributed by atoms with Crippen LogP contribution in [0.2, 0.25) is 5.15 Å². The highest BCUT2D eigenvalue weighted by molar-refractivity contribution is 14.1. The minimum absolute atomic E-state index is 0.481. The molecule has 15 heavy (non-hydrogen) atoms. The summed E-state index contributed by atoms with van der Waals surface area (Å²) >= 11 is 8.50. The molecule has 4 heteroatoms. The van der Waals surface area contributed by atoms with Gasteiger partial charge in [-0.25, -0.2) is 0 Å². The van der Waals surface area contributed by atoms with Gasteiger partial charge in [0.25, 0.3) is 0 Å². The van der Waals surface area contributed by atoms with E-state index in [9.17, 15) is 0 Å². The topological polar surface area (TPSA) is 25.8 Å². The van der Waals surface area contributed by atoms with Gasteiger partial charge in [-0.05, 0) is 18.4 Å². The summed E-state index contributed by atoms with van der Waals surface area (Å²) in [6, 6.07) is 0. The normalized spacial score (nSPS) is 26.8. The molecule has 3 aliphatic rings. The van der Waals surface area contributed by atoms with Gasteiger partial charge in [0.05, 0.1) is 5.69 Å². The molecule has 0 radical (unpaired) electrons. The van der Waals surface area contributed by atoms with Crippen LogP contribution >= 0.6 is 34.2 Å². The third-order valence-electron chi connectivity index (χ3n) is 3.31. The quantitative estimate of drug-likeness (QED) is 0.446. The number of alkyl halides is 1. The van der Waals surface area contributed by atoms with E-state index in [0.717, 1.165) is 10.1 Å². The van der Waals surface area contributed by atoms with Gasteiger partial charge in [0, 0.05) is 21.8 Å². The standard InChI is InChI=1S/C11H10ClIN2/c12-11-10-7-3-1-6(2-4-7)9(10)8(5-13)14-15-11/h1,3,6-7H,2,4-5H2. The van der Waals surface area contributed by atoms with Gasteiger partial charge >= 0.3 is 0 Å². The molecule has 1 aromatic rings. The van der Waals surface area contributed by atoms with Crippen molar-refractivity contribution in [1.29, 1.82) is 0 Å². The third-order valence-corrected chi connectivity index (χ3v) is 4.32. The van der Waals surface area contributed by atoms with Crippen LogP contribution in [0, 0.1) is 0 Å². The Morgan fingerprint density at radius 1 is 1.20 bits per heavy atom. The molecule has 0 aromatic carbocycles. The Morgan fingerprint density at radius 3 is 2.47 bits per heavy atom. The highest BCUT2D eigenvalue weighted by atomic mass is 127. The number of rotatable bonds is 1. The Labute approximate surface area is 107 Å². The van der Waals surface area contributed by atoms with Gasteiger partial charge in [0.1, 0.15) is 0 Å². The van der Waals surface area contributed by atoms with Crippen molar-refractivity contribution in [2.45, 2.75) is 29.1 Å². The number of hydrogen-bond acceptors (Lipinski definition) is 2. The van der Waals surface area contributed by atoms with E-state index in [0.29, 0.717) is 17.0 Å². The van der Waals surface area contributed by atoms with Crippen molar-refractivity contribution in [2.75, 3.05) is 0 Å². The smallest absolute Gasteiger partial charge is 0.153 e. The van der Waals surface area contributed by atoms with Crippen molar-refractivity contribution in [2.24, 2.45) is 0 Å². The van der Waals surface area contributed by atoms with Crippen molar-refractivity contribution >= 4 is 34.2 Å². The van der Waals surface area contributed by atoms with E-state index in [4.69, 9.17) is 11.6 Å². The summed E-state index contributed by atoms with van der Waals surface area (Å²) in [5.74, 6) is 1.01. The summed E-state index contributed by atoms with van der Waals surface area (Å²) in [7, 11) is 0.